The van der Waals surface area contributed by atoms with Crippen molar-refractivity contribution in [2.24, 2.45) is 0 Å². The van der Waals surface area contributed by atoms with Gasteiger partial charge in [-0.1, -0.05) is 77.0 Å². The minimum absolute atomic E-state index is 0.338. The van der Waals surface area contributed by atoms with E-state index in [1.54, 1.807) is 0 Å². The van der Waals surface area contributed by atoms with E-state index in [0.29, 0.717) is 13.2 Å². The van der Waals surface area contributed by atoms with E-state index in [2.05, 4.69) is 0 Å². The molecule has 0 aromatic heterocycles. The molecule has 0 aliphatic heterocycles. The largest absolute Gasteiger partial charge is 0.400 e. The summed E-state index contributed by atoms with van der Waals surface area (Å²) in [5, 5.41) is 31.0. The molecule has 1 aliphatic rings. The van der Waals surface area contributed by atoms with Gasteiger partial charge in [0.15, 0.2) is 0 Å². The molecule has 1 fully saturated rings. The first kappa shape index (κ1) is 26.7. The van der Waals surface area contributed by atoms with Crippen LogP contribution >= 0.6 is 0 Å². The predicted octanol–water partition coefficient (Wildman–Crippen LogP) is 3.65. The average Bonchev–Trinajstić information content (AvgIpc) is 2.63. The van der Waals surface area contributed by atoms with Gasteiger partial charge in [-0.2, -0.15) is 0 Å². The zero-order valence-electron chi connectivity index (χ0n) is 15.1. The second-order valence-electron chi connectivity index (χ2n) is 5.40. The molecule has 1 saturated carbocycles. The minimum atomic E-state index is 0.338. The highest BCUT2D eigenvalue weighted by Crippen LogP contribution is 2.15. The molecule has 22 heavy (non-hydrogen) atoms. The lowest BCUT2D eigenvalue weighted by Gasteiger charge is -2.05. The van der Waals surface area contributed by atoms with E-state index in [1.165, 1.54) is 64.2 Å². The van der Waals surface area contributed by atoms with Crippen LogP contribution in [0.4, 0.5) is 0 Å². The van der Waals surface area contributed by atoms with Gasteiger partial charge in [0.1, 0.15) is 0 Å². The van der Waals surface area contributed by atoms with Crippen LogP contribution in [0.25, 0.3) is 0 Å². The van der Waals surface area contributed by atoms with Crippen molar-refractivity contribution in [3.63, 3.8) is 0 Å². The van der Waals surface area contributed by atoms with E-state index >= 15 is 0 Å². The number of aliphatic hydroxyl groups excluding tert-OH is 4. The second-order valence-corrected chi connectivity index (χ2v) is 5.40. The van der Waals surface area contributed by atoms with Gasteiger partial charge in [0.2, 0.25) is 0 Å². The van der Waals surface area contributed by atoms with Gasteiger partial charge in [0.25, 0.3) is 0 Å². The molecule has 0 bridgehead atoms. The number of hydrogen-bond donors (Lipinski definition) is 4. The highest BCUT2D eigenvalue weighted by molar-refractivity contribution is 4.51. The van der Waals surface area contributed by atoms with Crippen molar-refractivity contribution in [3.05, 3.63) is 0 Å². The Balaban J connectivity index is -0.000000299. The molecule has 0 heterocycles. The Morgan fingerprint density at radius 2 is 0.591 bits per heavy atom. The lowest BCUT2D eigenvalue weighted by atomic mass is 10.0. The van der Waals surface area contributed by atoms with Crippen molar-refractivity contribution in [1.82, 2.24) is 0 Å². The fourth-order valence-corrected chi connectivity index (χ4v) is 2.34. The normalized spacial score (nSPS) is 12.8. The zero-order chi connectivity index (χ0) is 17.3. The van der Waals surface area contributed by atoms with E-state index < -0.39 is 0 Å². The number of aliphatic hydroxyl groups is 4. The zero-order valence-corrected chi connectivity index (χ0v) is 15.1. The molecule has 4 nitrogen and oxygen atoms in total. The minimum Gasteiger partial charge on any atom is -0.400 e. The van der Waals surface area contributed by atoms with Crippen LogP contribution in [0.3, 0.4) is 0 Å². The molecule has 1 rings (SSSR count). The SMILES string of the molecule is C1CCCCC1.CO.CO.OCCCCCCCCCCO. The summed E-state index contributed by atoms with van der Waals surface area (Å²) >= 11 is 0. The quantitative estimate of drug-likeness (QED) is 0.488. The molecule has 0 unspecified atom stereocenters. The van der Waals surface area contributed by atoms with Crippen LogP contribution in [0.1, 0.15) is 89.9 Å². The van der Waals surface area contributed by atoms with Gasteiger partial charge in [0, 0.05) is 27.4 Å². The molecule has 0 amide bonds. The summed E-state index contributed by atoms with van der Waals surface area (Å²) in [4.78, 5) is 0. The highest BCUT2D eigenvalue weighted by Gasteiger charge is 1.95. The molecule has 0 aromatic rings. The molecule has 0 aromatic carbocycles. The van der Waals surface area contributed by atoms with Crippen molar-refractivity contribution < 1.29 is 20.4 Å². The smallest absolute Gasteiger partial charge is 0.0431 e. The maximum Gasteiger partial charge on any atom is 0.0431 e. The third-order valence-corrected chi connectivity index (χ3v) is 3.57. The molecule has 4 N–H and O–H groups in total. The second kappa shape index (κ2) is 32.7. The van der Waals surface area contributed by atoms with Crippen LogP contribution in [0, 0.1) is 0 Å². The Morgan fingerprint density at radius 3 is 0.773 bits per heavy atom. The first-order valence-corrected chi connectivity index (χ1v) is 9.03. The molecule has 0 spiro atoms. The molecular weight excluding hydrogens is 280 g/mol. The van der Waals surface area contributed by atoms with Crippen molar-refractivity contribution in [3.8, 4) is 0 Å². The standard InChI is InChI=1S/C10H22O2.C6H12.2CH4O/c11-9-7-5-3-1-2-4-6-8-10-12;1-2-4-6-5-3-1;2*1-2/h11-12H,1-10H2;1-6H2;2*2H,1H3. The van der Waals surface area contributed by atoms with Gasteiger partial charge in [-0.15, -0.1) is 0 Å². The van der Waals surface area contributed by atoms with Gasteiger partial charge < -0.3 is 20.4 Å². The monoisotopic (exact) mass is 322 g/mol. The van der Waals surface area contributed by atoms with E-state index in [1.807, 2.05) is 0 Å². The Hall–Kier alpha value is -0.160. The molecule has 0 radical (unpaired) electrons. The summed E-state index contributed by atoms with van der Waals surface area (Å²) in [6.45, 7) is 0.676. The number of hydrogen-bond acceptors (Lipinski definition) is 4. The fraction of sp³-hybridized carbons (Fsp3) is 1.00. The highest BCUT2D eigenvalue weighted by atomic mass is 16.3. The molecule has 1 aliphatic carbocycles. The van der Waals surface area contributed by atoms with Crippen molar-refractivity contribution in [1.29, 1.82) is 0 Å². The number of rotatable bonds is 9. The lowest BCUT2D eigenvalue weighted by Crippen LogP contribution is -1.85. The summed E-state index contributed by atoms with van der Waals surface area (Å²) in [5.74, 6) is 0. The van der Waals surface area contributed by atoms with Crippen LogP contribution in [-0.4, -0.2) is 47.9 Å². The summed E-state index contributed by atoms with van der Waals surface area (Å²) in [7, 11) is 2.00. The van der Waals surface area contributed by atoms with Gasteiger partial charge in [-0.25, -0.2) is 0 Å². The van der Waals surface area contributed by atoms with Crippen molar-refractivity contribution >= 4 is 0 Å². The lowest BCUT2D eigenvalue weighted by molar-refractivity contribution is 0.279. The molecule has 138 valence electrons. The van der Waals surface area contributed by atoms with Crippen LogP contribution in [-0.2, 0) is 0 Å². The van der Waals surface area contributed by atoms with E-state index in [-0.39, 0.29) is 0 Å². The summed E-state index contributed by atoms with van der Waals surface area (Å²) in [6, 6.07) is 0. The third-order valence-electron chi connectivity index (χ3n) is 3.57. The van der Waals surface area contributed by atoms with Crippen LogP contribution in [0.2, 0.25) is 0 Å². The van der Waals surface area contributed by atoms with Gasteiger partial charge >= 0.3 is 0 Å². The molecule has 0 atom stereocenters. The molecule has 4 heteroatoms. The summed E-state index contributed by atoms with van der Waals surface area (Å²) < 4.78 is 0. The number of unbranched alkanes of at least 4 members (excludes halogenated alkanes) is 7. The van der Waals surface area contributed by atoms with Crippen LogP contribution in [0.5, 0.6) is 0 Å². The maximum absolute atomic E-state index is 8.51. The van der Waals surface area contributed by atoms with Crippen molar-refractivity contribution in [2.75, 3.05) is 27.4 Å². The topological polar surface area (TPSA) is 80.9 Å². The molecule has 0 saturated heterocycles. The predicted molar refractivity (Wildman–Crippen MR) is 95.1 cm³/mol. The fourth-order valence-electron chi connectivity index (χ4n) is 2.34. The van der Waals surface area contributed by atoms with E-state index in [4.69, 9.17) is 20.4 Å². The third kappa shape index (κ3) is 32.0. The Kier molecular flexibility index (Phi) is 39.7. The summed E-state index contributed by atoms with van der Waals surface area (Å²) in [6.07, 6.45) is 18.3. The van der Waals surface area contributed by atoms with Crippen LogP contribution < -0.4 is 0 Å². The first-order valence-electron chi connectivity index (χ1n) is 9.03. The first-order chi connectivity index (χ1) is 10.9. The Bertz CT molecular complexity index is 118. The van der Waals surface area contributed by atoms with Gasteiger partial charge in [0.05, 0.1) is 0 Å². The van der Waals surface area contributed by atoms with Crippen molar-refractivity contribution in [2.45, 2.75) is 89.9 Å². The Labute approximate surface area is 138 Å². The summed E-state index contributed by atoms with van der Waals surface area (Å²) in [5.41, 5.74) is 0. The maximum atomic E-state index is 8.51. The van der Waals surface area contributed by atoms with E-state index in [9.17, 15) is 0 Å². The van der Waals surface area contributed by atoms with E-state index in [0.717, 1.165) is 39.9 Å². The van der Waals surface area contributed by atoms with Gasteiger partial charge in [-0.3, -0.25) is 0 Å². The Morgan fingerprint density at radius 1 is 0.409 bits per heavy atom. The van der Waals surface area contributed by atoms with Gasteiger partial charge in [-0.05, 0) is 12.8 Å². The average molecular weight is 323 g/mol. The van der Waals surface area contributed by atoms with Crippen LogP contribution in [0.15, 0.2) is 0 Å². The molecular formula is C18H42O4.